The predicted molar refractivity (Wildman–Crippen MR) is 275 cm³/mol. The van der Waals surface area contributed by atoms with Crippen LogP contribution in [0.15, 0.2) is 61.4 Å². The van der Waals surface area contributed by atoms with Gasteiger partial charge in [-0.25, -0.2) is 12.8 Å². The summed E-state index contributed by atoms with van der Waals surface area (Å²) >= 11 is 0. The number of Topliss-reactive ketones (excluding diaryl/α,β-unsaturated/α-hetero) is 2. The number of carbonyl (C=O) groups excluding carboxylic acids is 5. The first kappa shape index (κ1) is 73.0. The van der Waals surface area contributed by atoms with Crippen molar-refractivity contribution in [1.29, 1.82) is 0 Å². The van der Waals surface area contributed by atoms with Gasteiger partial charge in [-0.15, -0.1) is 0 Å². The fourth-order valence-electron chi connectivity index (χ4n) is 3.38. The van der Waals surface area contributed by atoms with Crippen molar-refractivity contribution < 1.29 is 41.5 Å². The molecule has 0 saturated carbocycles. The van der Waals surface area contributed by atoms with E-state index in [-0.39, 0.29) is 44.8 Å². The molecule has 1 rings (SSSR count). The molecule has 65 heavy (non-hydrogen) atoms. The number of morpholine rings is 1. The summed E-state index contributed by atoms with van der Waals surface area (Å²) in [4.78, 5) is 59.1. The molecule has 0 atom stereocenters. The van der Waals surface area contributed by atoms with Crippen molar-refractivity contribution in [2.24, 2.45) is 27.1 Å². The van der Waals surface area contributed by atoms with Crippen LogP contribution in [0.2, 0.25) is 0 Å². The Morgan fingerprint density at radius 2 is 1.09 bits per heavy atom. The molecule has 1 saturated heterocycles. The Labute approximate surface area is 399 Å². The molecule has 1 aliphatic rings. The monoisotopic (exact) mass is 939 g/mol. The molecule has 0 bridgehead atoms. The van der Waals surface area contributed by atoms with Crippen molar-refractivity contribution in [2.45, 2.75) is 163 Å². The number of hydrogen-bond donors (Lipinski definition) is 0. The Kier molecular flexibility index (Phi) is 37.9. The van der Waals surface area contributed by atoms with Crippen LogP contribution in [0.3, 0.4) is 0 Å². The van der Waals surface area contributed by atoms with Gasteiger partial charge in [0.15, 0.2) is 38.8 Å². The van der Waals surface area contributed by atoms with E-state index in [1.54, 1.807) is 66.7 Å². The first-order chi connectivity index (χ1) is 28.8. The highest BCUT2D eigenvalue weighted by atomic mass is 32.2. The minimum Gasteiger partial charge on any atom is -0.379 e. The number of ketones is 5. The largest absolute Gasteiger partial charge is 0.379 e. The molecule has 10 nitrogen and oxygen atoms in total. The molecule has 0 N–H and O–H groups in total. The molecular weight excluding hydrogens is 844 g/mol. The molecule has 1 aliphatic heterocycles. The average molecular weight is 939 g/mol. The number of halogens is 1. The standard InChI is InChI=1S/C10H19NO.C8H14O.C8H12O.C7H11FO.C7H15NO.C7H12O.C6H12O2S/c1-10(2,3)9(12)7-6-8-11(4)5;2*1-5-6-7(9)8(2,3)4;1-5(8)6(9)7(2,3)4;1-7(2)8-3-5-9-6-4-8;1-5-6(8)7(2,3)4;1-5-9(7,8)6(2,3)4/h6-7H,8H2,1-5H3;5-6H,1-4H3;1-4H3;1H2,2-4H3;7H,3-6H2,1-2H3;5H,1H2,2-4H3;5H,1H2,2-4H3/b7-6+;6-5+;;;;;. The summed E-state index contributed by atoms with van der Waals surface area (Å²) in [6.07, 6.45) is 8.31. The lowest BCUT2D eigenvalue weighted by Crippen LogP contribution is -2.40. The van der Waals surface area contributed by atoms with Gasteiger partial charge in [0.05, 0.1) is 18.0 Å². The van der Waals surface area contributed by atoms with Gasteiger partial charge in [0.2, 0.25) is 5.78 Å². The first-order valence-electron chi connectivity index (χ1n) is 22.0. The molecular formula is C53H95FN2O8S. The summed E-state index contributed by atoms with van der Waals surface area (Å²) in [6.45, 7) is 54.9. The van der Waals surface area contributed by atoms with Gasteiger partial charge < -0.3 is 9.64 Å². The van der Waals surface area contributed by atoms with Crippen molar-refractivity contribution in [3.63, 3.8) is 0 Å². The molecule has 0 amide bonds. The van der Waals surface area contributed by atoms with Gasteiger partial charge in [-0.2, -0.15) is 0 Å². The van der Waals surface area contributed by atoms with Crippen LogP contribution in [-0.2, 0) is 38.5 Å². The minimum absolute atomic E-state index is 0.00463. The Bertz CT molecular complexity index is 1690. The van der Waals surface area contributed by atoms with Crippen molar-refractivity contribution in [1.82, 2.24) is 9.80 Å². The summed E-state index contributed by atoms with van der Waals surface area (Å²) in [7, 11) is 0.884. The average Bonchev–Trinajstić information content (AvgIpc) is 3.13. The van der Waals surface area contributed by atoms with E-state index in [0.29, 0.717) is 6.04 Å². The summed E-state index contributed by atoms with van der Waals surface area (Å²) in [5, 5.41) is 0.993. The van der Waals surface area contributed by atoms with Gasteiger partial charge in [0.1, 0.15) is 0 Å². The Hall–Kier alpha value is -3.63. The van der Waals surface area contributed by atoms with Crippen LogP contribution in [0.5, 0.6) is 0 Å². The van der Waals surface area contributed by atoms with Gasteiger partial charge in [-0.05, 0) is 86.7 Å². The van der Waals surface area contributed by atoms with E-state index in [0.717, 1.165) is 38.3 Å². The second kappa shape index (κ2) is 33.8. The number of carbonyl (C=O) groups is 5. The molecule has 0 aliphatic carbocycles. The van der Waals surface area contributed by atoms with Crippen LogP contribution < -0.4 is 0 Å². The Balaban J connectivity index is -0.000000157. The van der Waals surface area contributed by atoms with Gasteiger partial charge in [-0.1, -0.05) is 142 Å². The number of ether oxygens (including phenoxy) is 1. The molecule has 0 aromatic heterocycles. The van der Waals surface area contributed by atoms with Crippen molar-refractivity contribution in [2.75, 3.05) is 46.9 Å². The summed E-state index contributed by atoms with van der Waals surface area (Å²) in [5.74, 6) is 4.16. The molecule has 1 heterocycles. The lowest BCUT2D eigenvalue weighted by Gasteiger charge is -2.29. The van der Waals surface area contributed by atoms with Crippen LogP contribution in [0.4, 0.5) is 4.39 Å². The molecule has 0 spiro atoms. The zero-order chi connectivity index (χ0) is 53.6. The van der Waals surface area contributed by atoms with E-state index in [9.17, 15) is 36.8 Å². The fraction of sp³-hybridized carbons (Fsp3) is 0.679. The first-order valence-corrected chi connectivity index (χ1v) is 23.6. The highest BCUT2D eigenvalue weighted by molar-refractivity contribution is 7.95. The van der Waals surface area contributed by atoms with Gasteiger partial charge in [-0.3, -0.25) is 28.9 Å². The SMILES string of the molecule is C/C=C/C(=O)C(C)(C)C.C=C(F)C(=O)C(C)(C)C.C=CC(=O)C(C)(C)C.C=CS(=O)(=O)C(C)(C)C.CC#CC(=O)C(C)(C)C.CC(C)N1CCOCC1.CN(C)C/C=C/C(=O)C(C)(C)C. The van der Waals surface area contributed by atoms with Gasteiger partial charge in [0, 0.05) is 58.2 Å². The van der Waals surface area contributed by atoms with Crippen molar-refractivity contribution in [3.8, 4) is 11.8 Å². The highest BCUT2D eigenvalue weighted by Gasteiger charge is 2.25. The second-order valence-corrected chi connectivity index (χ2v) is 24.4. The predicted octanol–water partition coefficient (Wildman–Crippen LogP) is 11.5. The van der Waals surface area contributed by atoms with Crippen LogP contribution in [-0.4, -0.2) is 105 Å². The molecule has 0 aromatic carbocycles. The van der Waals surface area contributed by atoms with Crippen molar-refractivity contribution >= 4 is 38.8 Å². The molecule has 12 heteroatoms. The Morgan fingerprint density at radius 1 is 0.708 bits per heavy atom. The van der Waals surface area contributed by atoms with Gasteiger partial charge in [0.25, 0.3) is 0 Å². The maximum absolute atomic E-state index is 12.0. The number of rotatable bonds is 8. The molecule has 0 radical (unpaired) electrons. The number of nitrogens with zero attached hydrogens (tertiary/aromatic N) is 2. The van der Waals surface area contributed by atoms with Gasteiger partial charge >= 0.3 is 0 Å². The number of sulfone groups is 1. The van der Waals surface area contributed by atoms with Crippen LogP contribution in [0.25, 0.3) is 0 Å². The third-order valence-electron chi connectivity index (χ3n) is 8.16. The zero-order valence-electron chi connectivity index (χ0n) is 45.6. The summed E-state index contributed by atoms with van der Waals surface area (Å²) < 4.78 is 38.4. The third-order valence-corrected chi connectivity index (χ3v) is 10.3. The molecule has 0 aromatic rings. The second-order valence-electron chi connectivity index (χ2n) is 21.7. The Morgan fingerprint density at radius 3 is 1.23 bits per heavy atom. The van der Waals surface area contributed by atoms with E-state index >= 15 is 0 Å². The quantitative estimate of drug-likeness (QED) is 0.131. The maximum Gasteiger partial charge on any atom is 0.210 e. The third kappa shape index (κ3) is 44.0. The molecule has 1 fully saturated rings. The normalized spacial score (nSPS) is 13.3. The molecule has 378 valence electrons. The number of allylic oxidation sites excluding steroid dienone is 5. The van der Waals surface area contributed by atoms with Crippen molar-refractivity contribution in [3.05, 3.63) is 61.4 Å². The minimum atomic E-state index is -3.07. The van der Waals surface area contributed by atoms with E-state index in [2.05, 4.69) is 50.3 Å². The topological polar surface area (TPSA) is 135 Å². The van der Waals surface area contributed by atoms with E-state index in [1.165, 1.54) is 6.08 Å². The maximum atomic E-state index is 12.0. The van der Waals surface area contributed by atoms with Crippen LogP contribution in [0.1, 0.15) is 152 Å². The fourth-order valence-corrected chi connectivity index (χ4v) is 3.88. The number of likely N-dealkylation sites (N-methyl/N-ethyl adjacent to an activating group) is 1. The number of hydrogen-bond acceptors (Lipinski definition) is 10. The van der Waals surface area contributed by atoms with Crippen LogP contribution in [0, 0.1) is 38.9 Å². The van der Waals surface area contributed by atoms with E-state index in [1.807, 2.05) is 115 Å². The lowest BCUT2D eigenvalue weighted by atomic mass is 9.90. The molecule has 0 unspecified atom stereocenters. The smallest absolute Gasteiger partial charge is 0.210 e. The summed E-state index contributed by atoms with van der Waals surface area (Å²) in [6, 6.07) is 0.689. The lowest BCUT2D eigenvalue weighted by molar-refractivity contribution is -0.124. The van der Waals surface area contributed by atoms with E-state index < -0.39 is 31.6 Å². The summed E-state index contributed by atoms with van der Waals surface area (Å²) in [5.41, 5.74) is -1.65. The van der Waals surface area contributed by atoms with E-state index in [4.69, 9.17) is 4.74 Å². The highest BCUT2D eigenvalue weighted by Crippen LogP contribution is 2.19. The zero-order valence-corrected chi connectivity index (χ0v) is 46.5. The van der Waals surface area contributed by atoms with Crippen LogP contribution >= 0.6 is 0 Å².